The van der Waals surface area contributed by atoms with Gasteiger partial charge in [0.15, 0.2) is 0 Å². The minimum absolute atomic E-state index is 0.122. The van der Waals surface area contributed by atoms with E-state index >= 15 is 0 Å². The number of aliphatic carboxylic acids is 1. The van der Waals surface area contributed by atoms with Gasteiger partial charge < -0.3 is 9.53 Å². The van der Waals surface area contributed by atoms with Crippen molar-refractivity contribution in [3.05, 3.63) is 0 Å². The van der Waals surface area contributed by atoms with Crippen molar-refractivity contribution in [3.8, 4) is 0 Å². The van der Waals surface area contributed by atoms with E-state index in [-0.39, 0.29) is 12.5 Å². The number of hydrogen-bond donors (Lipinski definition) is 1. The second kappa shape index (κ2) is 7.29. The first-order valence-electron chi connectivity index (χ1n) is 7.07. The summed E-state index contributed by atoms with van der Waals surface area (Å²) in [6, 6.07) is 0. The molecule has 0 bridgehead atoms. The molecular formula is C14H30O3Si. The van der Waals surface area contributed by atoms with Gasteiger partial charge in [-0.3, -0.25) is 4.79 Å². The standard InChI is InChI=1S/C14H30O3Si/c1-8-13(9-14(15)16)17-18(10(2)3,11(4)5)12(6)7/h10-13H,8-9H2,1-7H3,(H,15,16)/t13-/m0/s1. The van der Waals surface area contributed by atoms with E-state index in [2.05, 4.69) is 41.5 Å². The summed E-state index contributed by atoms with van der Waals surface area (Å²) in [5.41, 5.74) is 1.50. The topological polar surface area (TPSA) is 46.5 Å². The van der Waals surface area contributed by atoms with Gasteiger partial charge >= 0.3 is 5.97 Å². The van der Waals surface area contributed by atoms with Gasteiger partial charge in [0.25, 0.3) is 0 Å². The Bertz CT molecular complexity index is 240. The minimum Gasteiger partial charge on any atom is -0.481 e. The van der Waals surface area contributed by atoms with E-state index in [1.54, 1.807) is 0 Å². The van der Waals surface area contributed by atoms with Gasteiger partial charge in [-0.25, -0.2) is 0 Å². The molecule has 1 atom stereocenters. The summed E-state index contributed by atoms with van der Waals surface area (Å²) in [4.78, 5) is 10.9. The smallest absolute Gasteiger partial charge is 0.305 e. The third kappa shape index (κ3) is 4.09. The average Bonchev–Trinajstić information content (AvgIpc) is 2.21. The Kier molecular flexibility index (Phi) is 7.15. The summed E-state index contributed by atoms with van der Waals surface area (Å²) in [6.45, 7) is 15.3. The molecule has 0 heterocycles. The first kappa shape index (κ1) is 17.6. The van der Waals surface area contributed by atoms with Crippen LogP contribution in [0.4, 0.5) is 0 Å². The summed E-state index contributed by atoms with van der Waals surface area (Å²) in [5.74, 6) is -0.763. The van der Waals surface area contributed by atoms with Crippen LogP contribution in [-0.2, 0) is 9.22 Å². The fourth-order valence-electron chi connectivity index (χ4n) is 3.16. The van der Waals surface area contributed by atoms with Gasteiger partial charge in [-0.1, -0.05) is 48.5 Å². The second-order valence-electron chi connectivity index (χ2n) is 6.06. The van der Waals surface area contributed by atoms with E-state index in [1.807, 2.05) is 6.92 Å². The molecule has 0 unspecified atom stereocenters. The molecule has 4 heteroatoms. The highest BCUT2D eigenvalue weighted by Gasteiger charge is 2.46. The van der Waals surface area contributed by atoms with Crippen molar-refractivity contribution >= 4 is 14.3 Å². The van der Waals surface area contributed by atoms with Gasteiger partial charge in [0, 0.05) is 0 Å². The Hall–Kier alpha value is -0.353. The van der Waals surface area contributed by atoms with Gasteiger partial charge in [-0.05, 0) is 23.0 Å². The largest absolute Gasteiger partial charge is 0.481 e. The predicted molar refractivity (Wildman–Crippen MR) is 78.5 cm³/mol. The molecular weight excluding hydrogens is 244 g/mol. The Morgan fingerprint density at radius 1 is 1.06 bits per heavy atom. The van der Waals surface area contributed by atoms with Crippen molar-refractivity contribution in [2.24, 2.45) is 0 Å². The van der Waals surface area contributed by atoms with Crippen LogP contribution in [0.25, 0.3) is 0 Å². The fraction of sp³-hybridized carbons (Fsp3) is 0.929. The summed E-state index contributed by atoms with van der Waals surface area (Å²) < 4.78 is 6.44. The number of carboxylic acid groups (broad SMARTS) is 1. The van der Waals surface area contributed by atoms with Crippen LogP contribution in [0, 0.1) is 0 Å². The van der Waals surface area contributed by atoms with E-state index in [4.69, 9.17) is 9.53 Å². The molecule has 1 N–H and O–H groups in total. The Labute approximate surface area is 113 Å². The number of carbonyl (C=O) groups is 1. The van der Waals surface area contributed by atoms with E-state index in [0.29, 0.717) is 16.6 Å². The summed E-state index contributed by atoms with van der Waals surface area (Å²) in [7, 11) is -1.94. The zero-order valence-corrected chi connectivity index (χ0v) is 14.0. The van der Waals surface area contributed by atoms with Crippen molar-refractivity contribution in [1.29, 1.82) is 0 Å². The van der Waals surface area contributed by atoms with Crippen LogP contribution in [0.5, 0.6) is 0 Å². The molecule has 0 amide bonds. The minimum atomic E-state index is -1.94. The molecule has 0 fully saturated rings. The molecule has 0 radical (unpaired) electrons. The molecule has 0 aromatic heterocycles. The lowest BCUT2D eigenvalue weighted by Gasteiger charge is -2.44. The normalized spacial score (nSPS) is 14.6. The molecule has 3 nitrogen and oxygen atoms in total. The first-order valence-corrected chi connectivity index (χ1v) is 9.22. The first-order chi connectivity index (χ1) is 8.18. The van der Waals surface area contributed by atoms with Gasteiger partial charge in [0.05, 0.1) is 12.5 Å². The van der Waals surface area contributed by atoms with Crippen LogP contribution >= 0.6 is 0 Å². The second-order valence-corrected chi connectivity index (χ2v) is 11.5. The van der Waals surface area contributed by atoms with Gasteiger partial charge in [-0.2, -0.15) is 0 Å². The van der Waals surface area contributed by atoms with Crippen molar-refractivity contribution < 1.29 is 14.3 Å². The van der Waals surface area contributed by atoms with Crippen LogP contribution in [0.2, 0.25) is 16.6 Å². The zero-order valence-electron chi connectivity index (χ0n) is 13.0. The quantitative estimate of drug-likeness (QED) is 0.666. The summed E-state index contributed by atoms with van der Waals surface area (Å²) in [6.07, 6.45) is 0.756. The van der Waals surface area contributed by atoms with E-state index in [9.17, 15) is 4.79 Å². The molecule has 108 valence electrons. The maximum atomic E-state index is 10.9. The van der Waals surface area contributed by atoms with E-state index in [0.717, 1.165) is 6.42 Å². The number of carboxylic acids is 1. The molecule has 18 heavy (non-hydrogen) atoms. The Balaban J connectivity index is 5.14. The molecule has 0 aliphatic carbocycles. The fourth-order valence-corrected chi connectivity index (χ4v) is 8.80. The van der Waals surface area contributed by atoms with E-state index < -0.39 is 14.3 Å². The van der Waals surface area contributed by atoms with Crippen LogP contribution in [-0.4, -0.2) is 25.5 Å². The van der Waals surface area contributed by atoms with Crippen LogP contribution in [0.15, 0.2) is 0 Å². The highest BCUT2D eigenvalue weighted by Crippen LogP contribution is 2.43. The molecule has 0 saturated carbocycles. The third-order valence-corrected chi connectivity index (χ3v) is 10.1. The zero-order chi connectivity index (χ0) is 14.5. The van der Waals surface area contributed by atoms with Crippen molar-refractivity contribution in [3.63, 3.8) is 0 Å². The predicted octanol–water partition coefficient (Wildman–Crippen LogP) is 4.43. The number of hydrogen-bond acceptors (Lipinski definition) is 2. The monoisotopic (exact) mass is 274 g/mol. The van der Waals surface area contributed by atoms with Crippen LogP contribution in [0.3, 0.4) is 0 Å². The summed E-state index contributed by atoms with van der Waals surface area (Å²) >= 11 is 0. The molecule has 0 aromatic rings. The highest BCUT2D eigenvalue weighted by atomic mass is 28.4. The van der Waals surface area contributed by atoms with Gasteiger partial charge in [0.1, 0.15) is 0 Å². The average molecular weight is 274 g/mol. The molecule has 0 saturated heterocycles. The van der Waals surface area contributed by atoms with E-state index in [1.165, 1.54) is 0 Å². The van der Waals surface area contributed by atoms with Gasteiger partial charge in [-0.15, -0.1) is 0 Å². The lowest BCUT2D eigenvalue weighted by molar-refractivity contribution is -0.139. The van der Waals surface area contributed by atoms with Gasteiger partial charge in [0.2, 0.25) is 8.32 Å². The van der Waals surface area contributed by atoms with Crippen LogP contribution in [0.1, 0.15) is 61.3 Å². The molecule has 0 spiro atoms. The molecule has 0 aliphatic heterocycles. The lowest BCUT2D eigenvalue weighted by Crippen LogP contribution is -2.50. The molecule has 0 aromatic carbocycles. The Morgan fingerprint density at radius 2 is 1.44 bits per heavy atom. The van der Waals surface area contributed by atoms with Crippen molar-refractivity contribution in [1.82, 2.24) is 0 Å². The third-order valence-electron chi connectivity index (χ3n) is 3.94. The molecule has 0 aliphatic rings. The highest BCUT2D eigenvalue weighted by molar-refractivity contribution is 6.77. The maximum absolute atomic E-state index is 10.9. The lowest BCUT2D eigenvalue weighted by atomic mass is 10.2. The SMILES string of the molecule is CC[C@@H](CC(=O)O)O[Si](C(C)C)(C(C)C)C(C)C. The number of rotatable bonds is 8. The maximum Gasteiger partial charge on any atom is 0.305 e. The summed E-state index contributed by atoms with van der Waals surface area (Å²) in [5, 5.41) is 8.96. The van der Waals surface area contributed by atoms with Crippen molar-refractivity contribution in [2.45, 2.75) is 84.0 Å². The van der Waals surface area contributed by atoms with Crippen molar-refractivity contribution in [2.75, 3.05) is 0 Å². The molecule has 0 rings (SSSR count). The Morgan fingerprint density at radius 3 is 1.67 bits per heavy atom. The van der Waals surface area contributed by atoms with Crippen LogP contribution < -0.4 is 0 Å².